The van der Waals surface area contributed by atoms with Gasteiger partial charge in [-0.25, -0.2) is 0 Å². The van der Waals surface area contributed by atoms with Gasteiger partial charge in [-0.15, -0.1) is 0 Å². The second kappa shape index (κ2) is 8.97. The molecule has 0 aliphatic heterocycles. The molecule has 0 atom stereocenters. The van der Waals surface area contributed by atoms with Crippen molar-refractivity contribution in [3.05, 3.63) is 0 Å². The topological polar surface area (TPSA) is 72.4 Å². The average Bonchev–Trinajstić information content (AvgIpc) is 1.77. The Balaban J connectivity index is -0.000000160. The summed E-state index contributed by atoms with van der Waals surface area (Å²) >= 11 is 0. The monoisotopic (exact) mass is 292 g/mol. The van der Waals surface area contributed by atoms with E-state index in [0.29, 0.717) is 0 Å². The summed E-state index contributed by atoms with van der Waals surface area (Å²) < 4.78 is 12.6. The molecule has 4 nitrogen and oxygen atoms in total. The molecular weight excluding hydrogens is 265 g/mol. The van der Waals surface area contributed by atoms with Gasteiger partial charge in [-0.2, -0.15) is 0 Å². The number of phosphoric ester groups is 1. The third-order valence-corrected chi connectivity index (χ3v) is 0.671. The normalized spacial score (nSPS) is 11.9. The second-order valence-electron chi connectivity index (χ2n) is 6.00. The van der Waals surface area contributed by atoms with Crippen LogP contribution in [0, 0.1) is 0 Å². The lowest BCUT2D eigenvalue weighted by Crippen LogP contribution is -2.14. The Morgan fingerprint density at radius 2 is 0.875 bits per heavy atom. The number of rotatable bonds is 1. The molecule has 0 spiro atoms. The van der Waals surface area contributed by atoms with Gasteiger partial charge in [0.25, 0.3) is 0 Å². The zero-order valence-electron chi connectivity index (χ0n) is 12.0. The first kappa shape index (κ1) is 22.2. The van der Waals surface area contributed by atoms with Crippen LogP contribution in [-0.4, -0.2) is 60.4 Å². The molecule has 7 heteroatoms. The van der Waals surface area contributed by atoms with E-state index in [0.717, 1.165) is 7.11 Å². The molecule has 0 aliphatic carbocycles. The minimum absolute atomic E-state index is 0.389. The van der Waals surface area contributed by atoms with Gasteiger partial charge in [-0.05, 0) is 0 Å². The van der Waals surface area contributed by atoms with Gasteiger partial charge in [0.1, 0.15) is 0 Å². The highest BCUT2D eigenvalue weighted by atomic mass is 31.2. The molecule has 0 saturated heterocycles. The molecule has 16 heavy (non-hydrogen) atoms. The Labute approximate surface area is 102 Å². The summed E-state index contributed by atoms with van der Waals surface area (Å²) in [6, 6.07) is 0. The fourth-order valence-corrected chi connectivity index (χ4v) is 0. The molecule has 0 saturated carbocycles. The Hall–Kier alpha value is 0.970. The molecule has 0 aromatic carbocycles. The van der Waals surface area contributed by atoms with Crippen molar-refractivity contribution in [3.8, 4) is 0 Å². The van der Waals surface area contributed by atoms with Crippen LogP contribution in [-0.2, 0) is 9.09 Å². The lowest BCUT2D eigenvalue weighted by atomic mass is 11.8. The van der Waals surface area contributed by atoms with E-state index in [-0.39, 0.29) is 14.5 Å². The molecule has 0 unspecified atom stereocenters. The van der Waals surface area contributed by atoms with Gasteiger partial charge in [-0.1, -0.05) is 0 Å². The highest BCUT2D eigenvalue weighted by Crippen LogP contribution is 2.40. The van der Waals surface area contributed by atoms with Crippen molar-refractivity contribution in [2.24, 2.45) is 0 Å². The highest BCUT2D eigenvalue weighted by Gasteiger charge is 2.03. The van der Waals surface area contributed by atoms with Crippen LogP contribution in [0.15, 0.2) is 0 Å². The minimum Gasteiger partial charge on any atom is -0.790 e. The molecule has 0 fully saturated rings. The molecule has 0 heterocycles. The SMILES string of the molecule is COP(=O)([O-])[O-].C[P+](C)(C)C.C[P+](C)(C)C. The summed E-state index contributed by atoms with van der Waals surface area (Å²) in [5.41, 5.74) is 0. The number of hydrogen-bond donors (Lipinski definition) is 0. The van der Waals surface area contributed by atoms with E-state index in [1.165, 1.54) is 0 Å². The van der Waals surface area contributed by atoms with Gasteiger partial charge in [0.05, 0.1) is 7.82 Å². The first-order chi connectivity index (χ1) is 6.56. The lowest BCUT2D eigenvalue weighted by molar-refractivity contribution is -0.339. The van der Waals surface area contributed by atoms with Crippen LogP contribution < -0.4 is 9.79 Å². The number of phosphoric acid groups is 1. The summed E-state index contributed by atoms with van der Waals surface area (Å²) in [6.45, 7) is 18.4. The fourth-order valence-electron chi connectivity index (χ4n) is 0. The van der Waals surface area contributed by atoms with Gasteiger partial charge >= 0.3 is 0 Å². The van der Waals surface area contributed by atoms with Crippen LogP contribution in [0.1, 0.15) is 0 Å². The Kier molecular flexibility index (Phi) is 12.4. The zero-order valence-corrected chi connectivity index (χ0v) is 14.7. The van der Waals surface area contributed by atoms with Crippen molar-refractivity contribution in [2.45, 2.75) is 0 Å². The molecule has 0 aliphatic rings. The smallest absolute Gasteiger partial charge is 0.0592 e. The maximum absolute atomic E-state index is 9.25. The zero-order chi connectivity index (χ0) is 14.2. The van der Waals surface area contributed by atoms with Crippen molar-refractivity contribution < 1.29 is 18.9 Å². The number of hydrogen-bond acceptors (Lipinski definition) is 4. The predicted octanol–water partition coefficient (Wildman–Crippen LogP) is 1.51. The van der Waals surface area contributed by atoms with Crippen molar-refractivity contribution in [1.29, 1.82) is 0 Å². The van der Waals surface area contributed by atoms with E-state index in [9.17, 15) is 14.4 Å². The van der Waals surface area contributed by atoms with Gasteiger partial charge < -0.3 is 18.9 Å². The van der Waals surface area contributed by atoms with Crippen LogP contribution in [0.5, 0.6) is 0 Å². The quantitative estimate of drug-likeness (QED) is 0.687. The first-order valence-corrected chi connectivity index (χ1v) is 13.3. The molecule has 0 rings (SSSR count). The Morgan fingerprint density at radius 3 is 0.875 bits per heavy atom. The van der Waals surface area contributed by atoms with Crippen LogP contribution in [0.25, 0.3) is 0 Å². The summed E-state index contributed by atoms with van der Waals surface area (Å²) in [4.78, 5) is 18.5. The van der Waals surface area contributed by atoms with Gasteiger partial charge in [0, 0.05) is 75.0 Å². The molecule has 0 aromatic heterocycles. The van der Waals surface area contributed by atoms with Crippen molar-refractivity contribution >= 4 is 22.3 Å². The maximum atomic E-state index is 9.25. The van der Waals surface area contributed by atoms with Gasteiger partial charge in [0.15, 0.2) is 0 Å². The summed E-state index contributed by atoms with van der Waals surface area (Å²) in [5, 5.41) is 0. The third-order valence-electron chi connectivity index (χ3n) is 0.224. The van der Waals surface area contributed by atoms with E-state index >= 15 is 0 Å². The van der Waals surface area contributed by atoms with Crippen molar-refractivity contribution in [2.75, 3.05) is 60.4 Å². The molecule has 0 bridgehead atoms. The first-order valence-electron chi connectivity index (χ1n) is 4.72. The molecule has 0 aromatic rings. The molecule has 0 radical (unpaired) electrons. The van der Waals surface area contributed by atoms with E-state index in [2.05, 4.69) is 57.8 Å². The van der Waals surface area contributed by atoms with Crippen molar-refractivity contribution in [3.63, 3.8) is 0 Å². The summed E-state index contributed by atoms with van der Waals surface area (Å²) in [6.07, 6.45) is 0. The summed E-state index contributed by atoms with van der Waals surface area (Å²) in [7, 11) is -4.60. The van der Waals surface area contributed by atoms with E-state index in [1.54, 1.807) is 0 Å². The molecule has 0 N–H and O–H groups in total. The molecule has 102 valence electrons. The van der Waals surface area contributed by atoms with Crippen LogP contribution in [0.3, 0.4) is 0 Å². The van der Waals surface area contributed by atoms with E-state index < -0.39 is 7.82 Å². The minimum atomic E-state index is -4.65. The van der Waals surface area contributed by atoms with Gasteiger partial charge in [-0.3, -0.25) is 0 Å². The van der Waals surface area contributed by atoms with E-state index in [4.69, 9.17) is 0 Å². The largest absolute Gasteiger partial charge is 0.790 e. The lowest BCUT2D eigenvalue weighted by Gasteiger charge is -2.25. The fraction of sp³-hybridized carbons (Fsp3) is 1.00. The highest BCUT2D eigenvalue weighted by molar-refractivity contribution is 7.73. The van der Waals surface area contributed by atoms with Crippen molar-refractivity contribution in [1.82, 2.24) is 0 Å². The standard InChI is InChI=1S/2C4H12P.CH5O4P/c2*1-5(2,3)4;1-5-6(2,3)4/h2*1-4H3;1H3,(H2,2,3,4)/q2*+1;/p-2. The van der Waals surface area contributed by atoms with Gasteiger partial charge in [0.2, 0.25) is 0 Å². The van der Waals surface area contributed by atoms with Crippen LogP contribution in [0.2, 0.25) is 0 Å². The molecule has 0 amide bonds. The third kappa shape index (κ3) is 185. The summed E-state index contributed by atoms with van der Waals surface area (Å²) in [5.74, 6) is 0. The van der Waals surface area contributed by atoms with E-state index in [1.807, 2.05) is 0 Å². The maximum Gasteiger partial charge on any atom is 0.0592 e. The predicted molar refractivity (Wildman–Crippen MR) is 75.8 cm³/mol. The second-order valence-corrected chi connectivity index (χ2v) is 18.0. The Morgan fingerprint density at radius 1 is 0.812 bits per heavy atom. The van der Waals surface area contributed by atoms with Crippen LogP contribution >= 0.6 is 22.3 Å². The Bertz CT molecular complexity index is 176. The molecular formula is C9H27O4P3. The van der Waals surface area contributed by atoms with Crippen LogP contribution in [0.4, 0.5) is 0 Å². The average molecular weight is 292 g/mol.